The van der Waals surface area contributed by atoms with E-state index in [0.29, 0.717) is 6.41 Å². The number of hydrogen-bond acceptors (Lipinski definition) is 6. The van der Waals surface area contributed by atoms with Crippen LogP contribution in [0.3, 0.4) is 0 Å². The van der Waals surface area contributed by atoms with E-state index < -0.39 is 0 Å². The maximum absolute atomic E-state index is 10.8. The molecule has 1 saturated heterocycles. The second-order valence-corrected chi connectivity index (χ2v) is 6.17. The van der Waals surface area contributed by atoms with Crippen LogP contribution in [0.2, 0.25) is 0 Å². The Kier molecular flexibility index (Phi) is 3.53. The molecular weight excluding hydrogens is 306 g/mol. The molecule has 0 radical (unpaired) electrons. The van der Waals surface area contributed by atoms with Gasteiger partial charge in [-0.15, -0.1) is 10.2 Å². The van der Waals surface area contributed by atoms with E-state index in [1.165, 1.54) is 0 Å². The lowest BCUT2D eigenvalue weighted by Gasteiger charge is -2.33. The topological polar surface area (TPSA) is 78.7 Å². The van der Waals surface area contributed by atoms with Crippen molar-refractivity contribution >= 4 is 34.6 Å². The number of nitrogens with zero attached hydrogens (tertiary/aromatic N) is 6. The highest BCUT2D eigenvalue weighted by molar-refractivity contribution is 5.89. The third kappa shape index (κ3) is 2.35. The van der Waals surface area contributed by atoms with Crippen LogP contribution >= 0.6 is 0 Å². The summed E-state index contributed by atoms with van der Waals surface area (Å²) in [6, 6.07) is 3.90. The Balaban J connectivity index is 1.90. The third-order valence-electron chi connectivity index (χ3n) is 4.57. The maximum Gasteiger partial charge on any atom is 0.211 e. The van der Waals surface area contributed by atoms with Gasteiger partial charge in [0.25, 0.3) is 0 Å². The summed E-state index contributed by atoms with van der Waals surface area (Å²) in [4.78, 5) is 20.2. The zero-order chi connectivity index (χ0) is 16.7. The minimum Gasteiger partial charge on any atom is -0.351 e. The number of likely N-dealkylation sites (N-methyl/N-ethyl adjacent to an activating group) is 1. The summed E-state index contributed by atoms with van der Waals surface area (Å²) in [5.41, 5.74) is 4.22. The molecule has 1 aliphatic rings. The van der Waals surface area contributed by atoms with Gasteiger partial charge in [0.1, 0.15) is 6.33 Å². The van der Waals surface area contributed by atoms with Crippen molar-refractivity contribution in [3.8, 4) is 0 Å². The molecule has 1 amide bonds. The first-order valence-corrected chi connectivity index (χ1v) is 7.95. The average molecular weight is 325 g/mol. The fourth-order valence-electron chi connectivity index (χ4n) is 3.14. The Morgan fingerprint density at radius 3 is 2.75 bits per heavy atom. The van der Waals surface area contributed by atoms with Gasteiger partial charge >= 0.3 is 0 Å². The van der Waals surface area contributed by atoms with Crippen molar-refractivity contribution < 1.29 is 4.79 Å². The summed E-state index contributed by atoms with van der Waals surface area (Å²) in [5, 5.41) is 11.1. The fourth-order valence-corrected chi connectivity index (χ4v) is 3.14. The smallest absolute Gasteiger partial charge is 0.211 e. The Hall–Kier alpha value is -2.74. The van der Waals surface area contributed by atoms with Gasteiger partial charge < -0.3 is 15.1 Å². The minimum absolute atomic E-state index is 0.684. The highest BCUT2D eigenvalue weighted by Crippen LogP contribution is 2.27. The van der Waals surface area contributed by atoms with Gasteiger partial charge in [0.2, 0.25) is 12.1 Å². The highest BCUT2D eigenvalue weighted by Gasteiger charge is 2.20. The van der Waals surface area contributed by atoms with Crippen LogP contribution in [0.1, 0.15) is 5.56 Å². The van der Waals surface area contributed by atoms with Crippen LogP contribution in [-0.2, 0) is 4.79 Å². The maximum atomic E-state index is 10.8. The molecule has 0 unspecified atom stereocenters. The van der Waals surface area contributed by atoms with E-state index in [4.69, 9.17) is 4.98 Å². The van der Waals surface area contributed by atoms with E-state index >= 15 is 0 Å². The van der Waals surface area contributed by atoms with Crippen molar-refractivity contribution in [1.82, 2.24) is 24.5 Å². The van der Waals surface area contributed by atoms with Gasteiger partial charge in [0.05, 0.1) is 11.0 Å². The van der Waals surface area contributed by atoms with Gasteiger partial charge in [0.15, 0.2) is 5.82 Å². The van der Waals surface area contributed by atoms with Crippen LogP contribution in [0.5, 0.6) is 0 Å². The molecule has 8 heteroatoms. The largest absolute Gasteiger partial charge is 0.351 e. The number of amides is 1. The summed E-state index contributed by atoms with van der Waals surface area (Å²) in [5.74, 6) is 0.864. The van der Waals surface area contributed by atoms with Gasteiger partial charge in [-0.25, -0.2) is 4.98 Å². The number of aromatic nitrogens is 4. The van der Waals surface area contributed by atoms with Crippen LogP contribution in [0.25, 0.3) is 16.7 Å². The lowest BCUT2D eigenvalue weighted by atomic mass is 10.1. The van der Waals surface area contributed by atoms with E-state index in [-0.39, 0.29) is 0 Å². The van der Waals surface area contributed by atoms with Gasteiger partial charge in [-0.05, 0) is 31.7 Å². The molecule has 1 N–H and O–H groups in total. The van der Waals surface area contributed by atoms with E-state index in [1.807, 2.05) is 23.5 Å². The number of carbonyl (C=O) groups excluding carboxylic acids is 1. The SMILES string of the molecule is Cc1cc2nc(N3CCN(C)CC3)c3nncn3c2cc1NC=O. The Bertz CT molecular complexity index is 912. The van der Waals surface area contributed by atoms with Crippen LogP contribution in [-0.4, -0.2) is 64.1 Å². The molecule has 0 bridgehead atoms. The second-order valence-electron chi connectivity index (χ2n) is 6.17. The molecule has 3 heterocycles. The van der Waals surface area contributed by atoms with Crippen molar-refractivity contribution in [1.29, 1.82) is 0 Å². The Labute approximate surface area is 139 Å². The molecule has 1 fully saturated rings. The van der Waals surface area contributed by atoms with Crippen LogP contribution in [0, 0.1) is 6.92 Å². The van der Waals surface area contributed by atoms with Gasteiger partial charge in [-0.2, -0.15) is 0 Å². The molecule has 124 valence electrons. The predicted octanol–water partition coefficient (Wildman–Crippen LogP) is 0.906. The summed E-state index contributed by atoms with van der Waals surface area (Å²) >= 11 is 0. The first-order valence-electron chi connectivity index (χ1n) is 7.95. The molecular formula is C16H19N7O. The number of piperazine rings is 1. The van der Waals surface area contributed by atoms with Crippen molar-refractivity contribution in [3.63, 3.8) is 0 Å². The van der Waals surface area contributed by atoms with E-state index in [9.17, 15) is 4.79 Å². The summed E-state index contributed by atoms with van der Waals surface area (Å²) in [7, 11) is 2.13. The molecule has 0 saturated carbocycles. The van der Waals surface area contributed by atoms with Crippen molar-refractivity contribution in [2.45, 2.75) is 6.92 Å². The number of aryl methyl sites for hydroxylation is 1. The molecule has 0 aliphatic carbocycles. The van der Waals surface area contributed by atoms with Crippen molar-refractivity contribution in [2.75, 3.05) is 43.4 Å². The molecule has 1 aromatic carbocycles. The molecule has 1 aliphatic heterocycles. The number of fused-ring (bicyclic) bond motifs is 3. The molecule has 4 rings (SSSR count). The van der Waals surface area contributed by atoms with Crippen molar-refractivity contribution in [3.05, 3.63) is 24.0 Å². The summed E-state index contributed by atoms with van der Waals surface area (Å²) in [6.45, 7) is 5.80. The normalized spacial score (nSPS) is 16.0. The predicted molar refractivity (Wildman–Crippen MR) is 92.4 cm³/mol. The lowest BCUT2D eigenvalue weighted by Crippen LogP contribution is -2.45. The molecule has 24 heavy (non-hydrogen) atoms. The standard InChI is InChI=1S/C16H19N7O/c1-11-7-13-14(8-12(11)17-10-24)23-9-18-20-16(23)15(19-13)22-5-3-21(2)4-6-22/h7-10H,3-6H2,1-2H3,(H,17,24). The Morgan fingerprint density at radius 1 is 1.21 bits per heavy atom. The van der Waals surface area contributed by atoms with Crippen LogP contribution in [0.4, 0.5) is 11.5 Å². The van der Waals surface area contributed by atoms with Crippen LogP contribution < -0.4 is 10.2 Å². The van der Waals surface area contributed by atoms with Crippen LogP contribution in [0.15, 0.2) is 18.5 Å². The van der Waals surface area contributed by atoms with Gasteiger partial charge in [0, 0.05) is 31.9 Å². The van der Waals surface area contributed by atoms with Gasteiger partial charge in [-0.3, -0.25) is 9.20 Å². The Morgan fingerprint density at radius 2 is 2.00 bits per heavy atom. The quantitative estimate of drug-likeness (QED) is 0.721. The van der Waals surface area contributed by atoms with E-state index in [2.05, 4.69) is 32.4 Å². The zero-order valence-electron chi connectivity index (χ0n) is 13.7. The lowest BCUT2D eigenvalue weighted by molar-refractivity contribution is -0.105. The zero-order valence-corrected chi connectivity index (χ0v) is 13.7. The fraction of sp³-hybridized carbons (Fsp3) is 0.375. The third-order valence-corrected chi connectivity index (χ3v) is 4.57. The first kappa shape index (κ1) is 14.8. The number of anilines is 2. The number of nitrogens with one attached hydrogen (secondary N) is 1. The average Bonchev–Trinajstić information content (AvgIpc) is 3.06. The molecule has 8 nitrogen and oxygen atoms in total. The number of benzene rings is 1. The first-order chi connectivity index (χ1) is 11.7. The number of rotatable bonds is 3. The molecule has 2 aromatic heterocycles. The highest BCUT2D eigenvalue weighted by atomic mass is 16.1. The van der Waals surface area contributed by atoms with Gasteiger partial charge in [-0.1, -0.05) is 0 Å². The summed E-state index contributed by atoms with van der Waals surface area (Å²) in [6.07, 6.45) is 2.38. The minimum atomic E-state index is 0.684. The molecule has 0 atom stereocenters. The number of carbonyl (C=O) groups is 1. The van der Waals surface area contributed by atoms with E-state index in [1.54, 1.807) is 6.33 Å². The summed E-state index contributed by atoms with van der Waals surface area (Å²) < 4.78 is 1.94. The number of hydrogen-bond donors (Lipinski definition) is 1. The molecule has 3 aromatic rings. The monoisotopic (exact) mass is 325 g/mol. The van der Waals surface area contributed by atoms with Crippen molar-refractivity contribution in [2.24, 2.45) is 0 Å². The second kappa shape index (κ2) is 5.72. The molecule has 0 spiro atoms. The van der Waals surface area contributed by atoms with E-state index in [0.717, 1.165) is 59.9 Å².